The normalized spacial score (nSPS) is 20.0. The Morgan fingerprint density at radius 3 is 3.00 bits per heavy atom. The molecule has 0 bridgehead atoms. The first kappa shape index (κ1) is 12.4. The van der Waals surface area contributed by atoms with E-state index in [9.17, 15) is 0 Å². The molecule has 3 heterocycles. The van der Waals surface area contributed by atoms with Gasteiger partial charge in [0.05, 0.1) is 11.7 Å². The molecule has 1 fully saturated rings. The zero-order valence-electron chi connectivity index (χ0n) is 11.6. The maximum absolute atomic E-state index is 4.84. The van der Waals surface area contributed by atoms with Crippen LogP contribution in [-0.4, -0.2) is 33.0 Å². The number of aromatic nitrogens is 3. The molecule has 0 saturated carbocycles. The van der Waals surface area contributed by atoms with Gasteiger partial charge >= 0.3 is 0 Å². The van der Waals surface area contributed by atoms with E-state index in [0.717, 1.165) is 18.1 Å². The summed E-state index contributed by atoms with van der Waals surface area (Å²) in [6.45, 7) is 3.29. The molecule has 2 aromatic heterocycles. The van der Waals surface area contributed by atoms with Crippen LogP contribution in [0.4, 0.5) is 0 Å². The molecule has 4 heteroatoms. The molecule has 100 valence electrons. The van der Waals surface area contributed by atoms with E-state index in [-0.39, 0.29) is 0 Å². The van der Waals surface area contributed by atoms with Crippen LogP contribution >= 0.6 is 0 Å². The summed E-state index contributed by atoms with van der Waals surface area (Å²) in [4.78, 5) is 11.6. The van der Waals surface area contributed by atoms with Gasteiger partial charge in [0.15, 0.2) is 0 Å². The fourth-order valence-electron chi connectivity index (χ4n) is 2.85. The van der Waals surface area contributed by atoms with Gasteiger partial charge in [-0.25, -0.2) is 9.97 Å². The van der Waals surface area contributed by atoms with Crippen LogP contribution in [0, 0.1) is 0 Å². The van der Waals surface area contributed by atoms with Crippen molar-refractivity contribution in [3.8, 4) is 5.82 Å². The number of hydrogen-bond donors (Lipinski definition) is 0. The van der Waals surface area contributed by atoms with Gasteiger partial charge < -0.3 is 0 Å². The lowest BCUT2D eigenvalue weighted by molar-refractivity contribution is 0.312. The van der Waals surface area contributed by atoms with Crippen LogP contribution in [-0.2, 0) is 6.42 Å². The van der Waals surface area contributed by atoms with Crippen molar-refractivity contribution in [3.05, 3.63) is 42.1 Å². The topological polar surface area (TPSA) is 34.0 Å². The molecule has 0 N–H and O–H groups in total. The molecule has 0 aliphatic carbocycles. The first-order valence-corrected chi connectivity index (χ1v) is 6.99. The third-order valence-electron chi connectivity index (χ3n) is 3.90. The van der Waals surface area contributed by atoms with Gasteiger partial charge in [0, 0.05) is 18.8 Å². The van der Waals surface area contributed by atoms with Gasteiger partial charge in [-0.1, -0.05) is 13.0 Å². The largest absolute Gasteiger partial charge is 0.298 e. The molecule has 1 aliphatic heterocycles. The highest BCUT2D eigenvalue weighted by Crippen LogP contribution is 2.29. The Kier molecular flexibility index (Phi) is 3.34. The molecule has 0 amide bonds. The number of nitrogens with zero attached hydrogens (tertiary/aromatic N) is 4. The number of aryl methyl sites for hydroxylation is 1. The smallest absolute Gasteiger partial charge is 0.138 e. The van der Waals surface area contributed by atoms with Crippen molar-refractivity contribution in [2.24, 2.45) is 0 Å². The highest BCUT2D eigenvalue weighted by Gasteiger charge is 2.23. The van der Waals surface area contributed by atoms with Crippen molar-refractivity contribution in [3.63, 3.8) is 0 Å². The van der Waals surface area contributed by atoms with Crippen molar-refractivity contribution in [2.45, 2.75) is 32.2 Å². The molecule has 3 rings (SSSR count). The molecule has 1 aliphatic rings. The summed E-state index contributed by atoms with van der Waals surface area (Å²) >= 11 is 0. The predicted molar refractivity (Wildman–Crippen MR) is 75.3 cm³/mol. The molecule has 1 saturated heterocycles. The third kappa shape index (κ3) is 2.28. The molecule has 0 spiro atoms. The van der Waals surface area contributed by atoms with Gasteiger partial charge in [-0.15, -0.1) is 0 Å². The average Bonchev–Trinajstić information content (AvgIpc) is 3.07. The Morgan fingerprint density at radius 2 is 2.26 bits per heavy atom. The number of imidazole rings is 1. The van der Waals surface area contributed by atoms with E-state index in [1.807, 2.05) is 12.4 Å². The van der Waals surface area contributed by atoms with Gasteiger partial charge in [-0.2, -0.15) is 0 Å². The predicted octanol–water partition coefficient (Wildman–Crippen LogP) is 2.60. The Bertz CT molecular complexity index is 561. The van der Waals surface area contributed by atoms with Gasteiger partial charge in [0.1, 0.15) is 11.6 Å². The highest BCUT2D eigenvalue weighted by molar-refractivity contribution is 5.28. The van der Waals surface area contributed by atoms with Crippen LogP contribution < -0.4 is 0 Å². The minimum atomic E-state index is 0.466. The van der Waals surface area contributed by atoms with Crippen molar-refractivity contribution in [1.82, 2.24) is 19.4 Å². The quantitative estimate of drug-likeness (QED) is 0.846. The molecule has 2 aromatic rings. The fraction of sp³-hybridized carbons (Fsp3) is 0.467. The van der Waals surface area contributed by atoms with Crippen molar-refractivity contribution in [1.29, 1.82) is 0 Å². The first-order chi connectivity index (χ1) is 9.29. The Morgan fingerprint density at radius 1 is 1.37 bits per heavy atom. The van der Waals surface area contributed by atoms with Crippen LogP contribution in [0.25, 0.3) is 5.82 Å². The Balaban J connectivity index is 1.96. The van der Waals surface area contributed by atoms with Crippen molar-refractivity contribution < 1.29 is 0 Å². The van der Waals surface area contributed by atoms with Crippen LogP contribution in [0.5, 0.6) is 0 Å². The molecular formula is C15H20N4. The van der Waals surface area contributed by atoms with Crippen molar-refractivity contribution in [2.75, 3.05) is 13.6 Å². The summed E-state index contributed by atoms with van der Waals surface area (Å²) in [6.07, 6.45) is 7.22. The lowest BCUT2D eigenvalue weighted by Crippen LogP contribution is -2.19. The number of pyridine rings is 1. The van der Waals surface area contributed by atoms with Crippen LogP contribution in [0.1, 0.15) is 37.3 Å². The van der Waals surface area contributed by atoms with E-state index < -0.39 is 0 Å². The summed E-state index contributed by atoms with van der Waals surface area (Å²) in [5.74, 6) is 2.04. The first-order valence-electron chi connectivity index (χ1n) is 6.99. The van der Waals surface area contributed by atoms with Crippen molar-refractivity contribution >= 4 is 0 Å². The van der Waals surface area contributed by atoms with Gasteiger partial charge in [-0.05, 0) is 38.6 Å². The van der Waals surface area contributed by atoms with E-state index >= 15 is 0 Å². The molecule has 1 atom stereocenters. The molecule has 4 nitrogen and oxygen atoms in total. The molecule has 0 aromatic carbocycles. The zero-order chi connectivity index (χ0) is 13.2. The van der Waals surface area contributed by atoms with Gasteiger partial charge in [0.2, 0.25) is 0 Å². The summed E-state index contributed by atoms with van der Waals surface area (Å²) in [5.41, 5.74) is 1.17. The fourth-order valence-corrected chi connectivity index (χ4v) is 2.85. The minimum Gasteiger partial charge on any atom is -0.298 e. The number of hydrogen-bond acceptors (Lipinski definition) is 3. The van der Waals surface area contributed by atoms with E-state index in [2.05, 4.69) is 46.6 Å². The summed E-state index contributed by atoms with van der Waals surface area (Å²) in [7, 11) is 2.18. The zero-order valence-corrected chi connectivity index (χ0v) is 11.6. The standard InChI is InChI=1S/C15H20N4/c1-3-14-16-9-11-19(14)15-8-4-6-12(17-15)13-7-5-10-18(13)2/h4,6,8-9,11,13H,3,5,7,10H2,1-2H3. The Labute approximate surface area is 114 Å². The van der Waals surface area contributed by atoms with Crippen LogP contribution in [0.15, 0.2) is 30.6 Å². The van der Waals surface area contributed by atoms with E-state index in [0.29, 0.717) is 6.04 Å². The Hall–Kier alpha value is -1.68. The minimum absolute atomic E-state index is 0.466. The molecule has 0 radical (unpaired) electrons. The third-order valence-corrected chi connectivity index (χ3v) is 3.90. The second-order valence-corrected chi connectivity index (χ2v) is 5.13. The van der Waals surface area contributed by atoms with Gasteiger partial charge in [-0.3, -0.25) is 9.47 Å². The molecule has 19 heavy (non-hydrogen) atoms. The lowest BCUT2D eigenvalue weighted by Gasteiger charge is -2.19. The van der Waals surface area contributed by atoms with E-state index in [4.69, 9.17) is 4.98 Å². The SMILES string of the molecule is CCc1nccn1-c1cccc(C2CCCN2C)n1. The summed E-state index contributed by atoms with van der Waals surface area (Å²) < 4.78 is 2.08. The summed E-state index contributed by atoms with van der Waals surface area (Å²) in [6, 6.07) is 6.76. The molecule has 1 unspecified atom stereocenters. The van der Waals surface area contributed by atoms with E-state index in [1.165, 1.54) is 25.1 Å². The monoisotopic (exact) mass is 256 g/mol. The maximum atomic E-state index is 4.84. The number of rotatable bonds is 3. The highest BCUT2D eigenvalue weighted by atomic mass is 15.2. The van der Waals surface area contributed by atoms with Crippen LogP contribution in [0.2, 0.25) is 0 Å². The summed E-state index contributed by atoms with van der Waals surface area (Å²) in [5, 5.41) is 0. The molecular weight excluding hydrogens is 236 g/mol. The average molecular weight is 256 g/mol. The second kappa shape index (κ2) is 5.13. The number of likely N-dealkylation sites (tertiary alicyclic amines) is 1. The lowest BCUT2D eigenvalue weighted by atomic mass is 10.1. The van der Waals surface area contributed by atoms with Gasteiger partial charge in [0.25, 0.3) is 0 Å². The van der Waals surface area contributed by atoms with E-state index in [1.54, 1.807) is 0 Å². The van der Waals surface area contributed by atoms with Crippen LogP contribution in [0.3, 0.4) is 0 Å². The second-order valence-electron chi connectivity index (χ2n) is 5.13. The maximum Gasteiger partial charge on any atom is 0.138 e.